The Morgan fingerprint density at radius 3 is 2.44 bits per heavy atom. The van der Waals surface area contributed by atoms with Gasteiger partial charge in [-0.05, 0) is 5.53 Å². The maximum absolute atomic E-state index is 7.97. The molecule has 0 heterocycles. The van der Waals surface area contributed by atoms with Crippen LogP contribution in [0.3, 0.4) is 0 Å². The zero-order valence-corrected chi connectivity index (χ0v) is 9.22. The fourth-order valence-electron chi connectivity index (χ4n) is 0.695. The van der Waals surface area contributed by atoms with Crippen molar-refractivity contribution in [3.05, 3.63) is 10.4 Å². The van der Waals surface area contributed by atoms with Crippen LogP contribution in [0.4, 0.5) is 0 Å². The van der Waals surface area contributed by atoms with E-state index in [9.17, 15) is 0 Å². The molecule has 0 saturated heterocycles. The fraction of sp³-hybridized carbons (Fsp3) is 0.778. The summed E-state index contributed by atoms with van der Waals surface area (Å²) in [5.74, 6) is 0. The van der Waals surface area contributed by atoms with Gasteiger partial charge in [-0.3, -0.25) is 0 Å². The first-order valence-corrected chi connectivity index (χ1v) is 4.73. The Kier molecular flexibility index (Phi) is 12.0. The Morgan fingerprint density at radius 1 is 1.06 bits per heavy atom. The molecule has 0 rings (SSSR count). The van der Waals surface area contributed by atoms with Crippen LogP contribution in [0.25, 0.3) is 10.4 Å². The monoisotopic (exact) mass is 229 g/mol. The summed E-state index contributed by atoms with van der Waals surface area (Å²) in [6, 6.07) is 0. The molecule has 0 aliphatic rings. The highest BCUT2D eigenvalue weighted by Gasteiger charge is 1.89. The quantitative estimate of drug-likeness (QED) is 0.193. The first kappa shape index (κ1) is 14.4. The smallest absolute Gasteiger partial charge is 0.155 e. The minimum absolute atomic E-state index is 0.340. The zero-order valence-electron chi connectivity index (χ0n) is 9.22. The molecule has 0 saturated carbocycles. The van der Waals surface area contributed by atoms with E-state index in [4.69, 9.17) is 19.7 Å². The molecule has 0 amide bonds. The summed E-state index contributed by atoms with van der Waals surface area (Å²) in [7, 11) is 1.46. The molecule has 0 aromatic rings. The van der Waals surface area contributed by atoms with Crippen LogP contribution in [0.15, 0.2) is 5.11 Å². The lowest BCUT2D eigenvalue weighted by molar-refractivity contribution is 0.0349. The van der Waals surface area contributed by atoms with Crippen molar-refractivity contribution >= 4 is 0 Å². The average molecular weight is 229 g/mol. The van der Waals surface area contributed by atoms with E-state index in [1.165, 1.54) is 7.11 Å². The highest BCUT2D eigenvalue weighted by atomic mass is 16.5. The molecular weight excluding hydrogens is 214 g/mol. The molecule has 7 nitrogen and oxygen atoms in total. The minimum Gasteiger partial charge on any atom is -0.448 e. The van der Waals surface area contributed by atoms with Gasteiger partial charge in [-0.1, -0.05) is 5.11 Å². The third kappa shape index (κ3) is 12.4. The highest BCUT2D eigenvalue weighted by molar-refractivity contribution is 4.79. The Labute approximate surface area is 94.2 Å². The third-order valence-corrected chi connectivity index (χ3v) is 1.32. The minimum atomic E-state index is 0.340. The second-order valence-electron chi connectivity index (χ2n) is 2.44. The van der Waals surface area contributed by atoms with Crippen LogP contribution in [0.2, 0.25) is 0 Å². The molecule has 0 N–H and O–H groups in total. The summed E-state index contributed by atoms with van der Waals surface area (Å²) in [6.45, 7) is 2.50. The summed E-state index contributed by atoms with van der Waals surface area (Å²) in [4.78, 5) is 2.59. The van der Waals surface area contributed by atoms with E-state index in [1.54, 1.807) is 0 Å². The molecule has 0 fully saturated rings. The topological polar surface area (TPSA) is 85.7 Å². The summed E-state index contributed by atoms with van der Waals surface area (Å²) in [6.07, 6.45) is 4.62. The van der Waals surface area contributed by atoms with Crippen LogP contribution < -0.4 is 0 Å². The molecule has 0 bridgehead atoms. The number of methoxy groups -OCH3 is 1. The lowest BCUT2D eigenvalue weighted by atomic mass is 10.7. The van der Waals surface area contributed by atoms with E-state index in [0.717, 1.165) is 0 Å². The van der Waals surface area contributed by atoms with Gasteiger partial charge in [-0.15, -0.1) is 0 Å². The van der Waals surface area contributed by atoms with Crippen LogP contribution in [0.5, 0.6) is 0 Å². The molecule has 0 radical (unpaired) electrons. The van der Waals surface area contributed by atoms with E-state index in [1.807, 2.05) is 0 Å². The number of hydrogen-bond donors (Lipinski definition) is 0. The standard InChI is InChI=1S/C9H15N3O4/c1-13-4-5-15-8-9-16-7-6-14-3-2-11-12-10/h2-3,6-9H2,1H3. The molecule has 90 valence electrons. The van der Waals surface area contributed by atoms with Crippen molar-refractivity contribution in [3.63, 3.8) is 0 Å². The van der Waals surface area contributed by atoms with Crippen molar-refractivity contribution in [1.82, 2.24) is 0 Å². The van der Waals surface area contributed by atoms with Crippen molar-refractivity contribution in [1.29, 1.82) is 0 Å². The van der Waals surface area contributed by atoms with Gasteiger partial charge >= 0.3 is 0 Å². The maximum Gasteiger partial charge on any atom is 0.155 e. The summed E-state index contributed by atoms with van der Waals surface area (Å²) in [5.41, 5.74) is 7.97. The van der Waals surface area contributed by atoms with Crippen molar-refractivity contribution in [2.24, 2.45) is 5.11 Å². The van der Waals surface area contributed by atoms with E-state index < -0.39 is 0 Å². The maximum atomic E-state index is 7.97. The van der Waals surface area contributed by atoms with Gasteiger partial charge in [0.05, 0.1) is 33.5 Å². The van der Waals surface area contributed by atoms with Crippen molar-refractivity contribution in [2.45, 2.75) is 0 Å². The molecule has 0 unspecified atom stereocenters. The van der Waals surface area contributed by atoms with Crippen molar-refractivity contribution in [2.75, 3.05) is 46.7 Å². The Bertz CT molecular complexity index is 255. The summed E-state index contributed by atoms with van der Waals surface area (Å²) >= 11 is 0. The fourth-order valence-corrected chi connectivity index (χ4v) is 0.695. The van der Waals surface area contributed by atoms with E-state index in [-0.39, 0.29) is 0 Å². The molecule has 0 spiro atoms. The second-order valence-corrected chi connectivity index (χ2v) is 2.44. The van der Waals surface area contributed by atoms with Crippen LogP contribution >= 0.6 is 0 Å². The predicted octanol–water partition coefficient (Wildman–Crippen LogP) is 0.911. The number of nitrogens with zero attached hydrogens (tertiary/aromatic N) is 3. The van der Waals surface area contributed by atoms with Crippen LogP contribution in [0.1, 0.15) is 0 Å². The second kappa shape index (κ2) is 13.4. The normalized spacial score (nSPS) is 8.56. The van der Waals surface area contributed by atoms with Gasteiger partial charge in [-0.25, -0.2) is 0 Å². The zero-order chi connectivity index (χ0) is 11.9. The Hall–Kier alpha value is -1.61. The number of hydrogen-bond acceptors (Lipinski definition) is 5. The number of ether oxygens (including phenoxy) is 4. The van der Waals surface area contributed by atoms with Gasteiger partial charge < -0.3 is 18.9 Å². The van der Waals surface area contributed by atoms with Gasteiger partial charge in [0.15, 0.2) is 12.2 Å². The molecule has 0 atom stereocenters. The molecule has 0 aliphatic heterocycles. The van der Waals surface area contributed by atoms with Gasteiger partial charge in [0.2, 0.25) is 0 Å². The van der Waals surface area contributed by atoms with Crippen LogP contribution in [0, 0.1) is 12.2 Å². The lowest BCUT2D eigenvalue weighted by Gasteiger charge is -2.03. The Balaban J connectivity index is 3.01. The van der Waals surface area contributed by atoms with Gasteiger partial charge in [0.25, 0.3) is 0 Å². The van der Waals surface area contributed by atoms with Crippen LogP contribution in [-0.4, -0.2) is 46.7 Å². The number of rotatable bonds is 9. The van der Waals surface area contributed by atoms with E-state index in [2.05, 4.69) is 27.0 Å². The molecular formula is C9H15N3O4. The average Bonchev–Trinajstić information content (AvgIpc) is 2.31. The highest BCUT2D eigenvalue weighted by Crippen LogP contribution is 1.81. The summed E-state index contributed by atoms with van der Waals surface area (Å²) in [5, 5.41) is 3.32. The lowest BCUT2D eigenvalue weighted by Crippen LogP contribution is -2.09. The van der Waals surface area contributed by atoms with Crippen molar-refractivity contribution < 1.29 is 18.9 Å². The molecule has 0 aromatic carbocycles. The third-order valence-electron chi connectivity index (χ3n) is 1.32. The van der Waals surface area contributed by atoms with E-state index >= 15 is 0 Å². The van der Waals surface area contributed by atoms with Crippen LogP contribution in [-0.2, 0) is 18.9 Å². The first-order chi connectivity index (χ1) is 7.91. The number of azide groups is 1. The van der Waals surface area contributed by atoms with Gasteiger partial charge in [0.1, 0.15) is 6.61 Å². The molecule has 7 heteroatoms. The largest absolute Gasteiger partial charge is 0.448 e. The predicted molar refractivity (Wildman–Crippen MR) is 56.4 cm³/mol. The SMILES string of the molecule is COC#COCCOCCOCCN=[N+]=[N-]. The first-order valence-electron chi connectivity index (χ1n) is 4.73. The van der Waals surface area contributed by atoms with E-state index in [0.29, 0.717) is 39.6 Å². The molecule has 16 heavy (non-hydrogen) atoms. The van der Waals surface area contributed by atoms with Crippen molar-refractivity contribution in [3.8, 4) is 12.2 Å². The van der Waals surface area contributed by atoms with Gasteiger partial charge in [-0.2, -0.15) is 0 Å². The molecule has 0 aliphatic carbocycles. The Morgan fingerprint density at radius 2 is 1.75 bits per heavy atom. The summed E-state index contributed by atoms with van der Waals surface area (Å²) < 4.78 is 19.5. The molecule has 0 aromatic heterocycles. The van der Waals surface area contributed by atoms with Gasteiger partial charge in [0, 0.05) is 11.5 Å².